The van der Waals surface area contributed by atoms with E-state index in [0.717, 1.165) is 16.7 Å². The lowest BCUT2D eigenvalue weighted by Crippen LogP contribution is -2.30. The molecule has 3 aromatic carbocycles. The first-order valence-corrected chi connectivity index (χ1v) is 8.38. The maximum Gasteiger partial charge on any atom is 0.260 e. The number of nitrogens with zero attached hydrogens (tertiary/aromatic N) is 1. The van der Waals surface area contributed by atoms with E-state index < -0.39 is 0 Å². The van der Waals surface area contributed by atoms with Crippen LogP contribution in [0, 0.1) is 5.82 Å². The van der Waals surface area contributed by atoms with Crippen molar-refractivity contribution in [1.82, 2.24) is 4.90 Å². The Bertz CT molecular complexity index is 846. The smallest absolute Gasteiger partial charge is 0.260 e. The van der Waals surface area contributed by atoms with Crippen molar-refractivity contribution in [3.05, 3.63) is 90.2 Å². The standard InChI is InChI=1S/C22H20FNO2/c1-24(15-17-7-11-20(23)12-8-17)22(25)16-26-21-13-9-19(10-14-21)18-5-3-2-4-6-18/h2-14H,15-16H2,1H3. The predicted molar refractivity (Wildman–Crippen MR) is 100 cm³/mol. The number of ether oxygens (including phenoxy) is 1. The van der Waals surface area contributed by atoms with Crippen LogP contribution in [0.2, 0.25) is 0 Å². The summed E-state index contributed by atoms with van der Waals surface area (Å²) in [5.74, 6) is 0.222. The van der Waals surface area contributed by atoms with Gasteiger partial charge < -0.3 is 9.64 Å². The van der Waals surface area contributed by atoms with Crippen LogP contribution in [-0.4, -0.2) is 24.5 Å². The van der Waals surface area contributed by atoms with Crippen LogP contribution < -0.4 is 4.74 Å². The topological polar surface area (TPSA) is 29.5 Å². The first-order chi connectivity index (χ1) is 12.6. The number of carbonyl (C=O) groups excluding carboxylic acids is 1. The molecule has 0 saturated heterocycles. The Labute approximate surface area is 152 Å². The van der Waals surface area contributed by atoms with Crippen molar-refractivity contribution in [2.24, 2.45) is 0 Å². The zero-order valence-corrected chi connectivity index (χ0v) is 14.6. The molecule has 0 aliphatic rings. The van der Waals surface area contributed by atoms with Crippen LogP contribution in [-0.2, 0) is 11.3 Å². The van der Waals surface area contributed by atoms with Gasteiger partial charge in [0, 0.05) is 13.6 Å². The number of hydrogen-bond acceptors (Lipinski definition) is 2. The summed E-state index contributed by atoms with van der Waals surface area (Å²) in [6, 6.07) is 23.8. The van der Waals surface area contributed by atoms with Crippen LogP contribution in [0.25, 0.3) is 11.1 Å². The molecule has 3 aromatic rings. The van der Waals surface area contributed by atoms with E-state index in [9.17, 15) is 9.18 Å². The molecule has 0 aliphatic heterocycles. The molecule has 0 bridgehead atoms. The second-order valence-electron chi connectivity index (χ2n) is 6.06. The Balaban J connectivity index is 1.53. The normalized spacial score (nSPS) is 10.4. The molecule has 0 N–H and O–H groups in total. The molecule has 3 rings (SSSR count). The number of carbonyl (C=O) groups is 1. The second-order valence-corrected chi connectivity index (χ2v) is 6.06. The van der Waals surface area contributed by atoms with Gasteiger partial charge in [0.2, 0.25) is 0 Å². The van der Waals surface area contributed by atoms with Gasteiger partial charge in [0.15, 0.2) is 6.61 Å². The van der Waals surface area contributed by atoms with Crippen molar-refractivity contribution in [3.63, 3.8) is 0 Å². The average Bonchev–Trinajstić information content (AvgIpc) is 2.69. The van der Waals surface area contributed by atoms with Crippen molar-refractivity contribution < 1.29 is 13.9 Å². The van der Waals surface area contributed by atoms with Crippen LogP contribution in [0.4, 0.5) is 4.39 Å². The molecule has 0 aromatic heterocycles. The monoisotopic (exact) mass is 349 g/mol. The van der Waals surface area contributed by atoms with Gasteiger partial charge in [-0.3, -0.25) is 4.79 Å². The van der Waals surface area contributed by atoms with Crippen LogP contribution in [0.5, 0.6) is 5.75 Å². The maximum absolute atomic E-state index is 12.9. The van der Waals surface area contributed by atoms with E-state index in [-0.39, 0.29) is 18.3 Å². The van der Waals surface area contributed by atoms with E-state index in [1.807, 2.05) is 54.6 Å². The van der Waals surface area contributed by atoms with Gasteiger partial charge in [-0.25, -0.2) is 4.39 Å². The largest absolute Gasteiger partial charge is 0.484 e. The highest BCUT2D eigenvalue weighted by molar-refractivity contribution is 5.77. The zero-order valence-electron chi connectivity index (χ0n) is 14.6. The molecule has 0 aliphatic carbocycles. The van der Waals surface area contributed by atoms with Gasteiger partial charge in [-0.2, -0.15) is 0 Å². The summed E-state index contributed by atoms with van der Waals surface area (Å²) in [4.78, 5) is 13.8. The third-order valence-electron chi connectivity index (χ3n) is 4.08. The first kappa shape index (κ1) is 17.7. The molecule has 0 fully saturated rings. The van der Waals surface area contributed by atoms with Crippen molar-refractivity contribution in [2.75, 3.05) is 13.7 Å². The quantitative estimate of drug-likeness (QED) is 0.654. The number of halogens is 1. The van der Waals surface area contributed by atoms with Gasteiger partial charge in [0.05, 0.1) is 0 Å². The SMILES string of the molecule is CN(Cc1ccc(F)cc1)C(=O)COc1ccc(-c2ccccc2)cc1. The summed E-state index contributed by atoms with van der Waals surface area (Å²) in [5.41, 5.74) is 3.10. The fraction of sp³-hybridized carbons (Fsp3) is 0.136. The predicted octanol–water partition coefficient (Wildman–Crippen LogP) is 4.53. The summed E-state index contributed by atoms with van der Waals surface area (Å²) >= 11 is 0. The fourth-order valence-electron chi connectivity index (χ4n) is 2.58. The van der Waals surface area contributed by atoms with E-state index >= 15 is 0 Å². The van der Waals surface area contributed by atoms with Crippen LogP contribution >= 0.6 is 0 Å². The molecule has 1 amide bonds. The van der Waals surface area contributed by atoms with Gasteiger partial charge in [-0.15, -0.1) is 0 Å². The van der Waals surface area contributed by atoms with E-state index in [4.69, 9.17) is 4.74 Å². The van der Waals surface area contributed by atoms with Crippen LogP contribution in [0.1, 0.15) is 5.56 Å². The van der Waals surface area contributed by atoms with E-state index in [2.05, 4.69) is 0 Å². The number of likely N-dealkylation sites (N-methyl/N-ethyl adjacent to an activating group) is 1. The van der Waals surface area contributed by atoms with Gasteiger partial charge in [0.1, 0.15) is 11.6 Å². The first-order valence-electron chi connectivity index (χ1n) is 8.38. The molecular formula is C22H20FNO2. The van der Waals surface area contributed by atoms with E-state index in [1.54, 1.807) is 24.1 Å². The van der Waals surface area contributed by atoms with Crippen molar-refractivity contribution in [1.29, 1.82) is 0 Å². The Morgan fingerprint density at radius 3 is 2.15 bits per heavy atom. The Kier molecular flexibility index (Phi) is 5.64. The number of rotatable bonds is 6. The third-order valence-corrected chi connectivity index (χ3v) is 4.08. The van der Waals surface area contributed by atoms with Crippen LogP contribution in [0.3, 0.4) is 0 Å². The highest BCUT2D eigenvalue weighted by atomic mass is 19.1. The lowest BCUT2D eigenvalue weighted by molar-refractivity contribution is -0.132. The molecule has 4 heteroatoms. The minimum absolute atomic E-state index is 0.0393. The lowest BCUT2D eigenvalue weighted by atomic mass is 10.1. The molecule has 3 nitrogen and oxygen atoms in total. The maximum atomic E-state index is 12.9. The van der Waals surface area contributed by atoms with Gasteiger partial charge in [0.25, 0.3) is 5.91 Å². The summed E-state index contributed by atoms with van der Waals surface area (Å²) in [7, 11) is 1.70. The molecule has 0 heterocycles. The summed E-state index contributed by atoms with van der Waals surface area (Å²) in [6.07, 6.45) is 0. The molecular weight excluding hydrogens is 329 g/mol. The van der Waals surface area contributed by atoms with Gasteiger partial charge >= 0.3 is 0 Å². The third kappa shape index (κ3) is 4.70. The molecule has 26 heavy (non-hydrogen) atoms. The number of amides is 1. The zero-order chi connectivity index (χ0) is 18.4. The highest BCUT2D eigenvalue weighted by Gasteiger charge is 2.10. The number of hydrogen-bond donors (Lipinski definition) is 0. The molecule has 0 spiro atoms. The van der Waals surface area contributed by atoms with Crippen LogP contribution in [0.15, 0.2) is 78.9 Å². The summed E-state index contributed by atoms with van der Waals surface area (Å²) in [5, 5.41) is 0. The minimum Gasteiger partial charge on any atom is -0.484 e. The Morgan fingerprint density at radius 2 is 1.50 bits per heavy atom. The number of benzene rings is 3. The lowest BCUT2D eigenvalue weighted by Gasteiger charge is -2.17. The fourth-order valence-corrected chi connectivity index (χ4v) is 2.58. The summed E-state index contributed by atoms with van der Waals surface area (Å²) < 4.78 is 18.5. The van der Waals surface area contributed by atoms with E-state index in [1.165, 1.54) is 12.1 Å². The minimum atomic E-state index is -0.287. The molecule has 0 saturated carbocycles. The van der Waals surface area contributed by atoms with Crippen molar-refractivity contribution in [3.8, 4) is 16.9 Å². The molecule has 0 atom stereocenters. The Hall–Kier alpha value is -3.14. The highest BCUT2D eigenvalue weighted by Crippen LogP contribution is 2.22. The van der Waals surface area contributed by atoms with Crippen molar-refractivity contribution >= 4 is 5.91 Å². The molecule has 132 valence electrons. The van der Waals surface area contributed by atoms with Crippen molar-refractivity contribution in [2.45, 2.75) is 6.54 Å². The summed E-state index contributed by atoms with van der Waals surface area (Å²) in [6.45, 7) is 0.373. The van der Waals surface area contributed by atoms with Gasteiger partial charge in [-0.1, -0.05) is 54.6 Å². The second kappa shape index (κ2) is 8.30. The molecule has 0 unspecified atom stereocenters. The van der Waals surface area contributed by atoms with E-state index in [0.29, 0.717) is 12.3 Å². The molecule has 0 radical (unpaired) electrons. The van der Waals surface area contributed by atoms with Gasteiger partial charge in [-0.05, 0) is 41.0 Å². The average molecular weight is 349 g/mol. The Morgan fingerprint density at radius 1 is 0.885 bits per heavy atom.